The Morgan fingerprint density at radius 2 is 1.80 bits per heavy atom. The van der Waals surface area contributed by atoms with Crippen LogP contribution in [0.5, 0.6) is 0 Å². The monoisotopic (exact) mass is 305 g/mol. The highest BCUT2D eigenvalue weighted by molar-refractivity contribution is 7.87. The number of benzene rings is 1. The molecule has 0 saturated carbocycles. The SMILES string of the molecule is C[C@H](OS(=O)(=O)C(F)(F)F)c1ccc2ccccc2n1. The summed E-state index contributed by atoms with van der Waals surface area (Å²) < 4.78 is 62.7. The Bertz CT molecular complexity index is 728. The standard InChI is InChI=1S/C12H10F3NO3S/c1-8(19-20(17,18)12(13,14)15)10-7-6-9-4-2-3-5-11(9)16-10/h2-8H,1H3/t8-/m0/s1. The lowest BCUT2D eigenvalue weighted by molar-refractivity contribution is -0.0570. The van der Waals surface area contributed by atoms with Crippen molar-refractivity contribution in [3.8, 4) is 0 Å². The molecule has 0 N–H and O–H groups in total. The minimum absolute atomic E-state index is 0.108. The summed E-state index contributed by atoms with van der Waals surface area (Å²) in [5, 5.41) is 0.794. The van der Waals surface area contributed by atoms with Gasteiger partial charge in [-0.2, -0.15) is 21.6 Å². The molecule has 2 aromatic rings. The van der Waals surface area contributed by atoms with Crippen molar-refractivity contribution >= 4 is 21.0 Å². The van der Waals surface area contributed by atoms with Gasteiger partial charge in [-0.1, -0.05) is 24.3 Å². The number of pyridine rings is 1. The van der Waals surface area contributed by atoms with Crippen molar-refractivity contribution in [3.63, 3.8) is 0 Å². The van der Waals surface area contributed by atoms with Crippen LogP contribution in [0, 0.1) is 0 Å². The lowest BCUT2D eigenvalue weighted by Gasteiger charge is -2.14. The van der Waals surface area contributed by atoms with Gasteiger partial charge in [-0.3, -0.25) is 9.17 Å². The second-order valence-electron chi connectivity index (χ2n) is 4.07. The van der Waals surface area contributed by atoms with Gasteiger partial charge in [-0.25, -0.2) is 0 Å². The smallest absolute Gasteiger partial charge is 0.254 e. The number of hydrogen-bond acceptors (Lipinski definition) is 4. The van der Waals surface area contributed by atoms with Crippen LogP contribution in [0.1, 0.15) is 18.7 Å². The second-order valence-corrected chi connectivity index (χ2v) is 5.63. The molecule has 0 fully saturated rings. The molecular formula is C12H10F3NO3S. The van der Waals surface area contributed by atoms with E-state index in [-0.39, 0.29) is 5.69 Å². The maximum atomic E-state index is 12.2. The van der Waals surface area contributed by atoms with E-state index in [0.717, 1.165) is 5.39 Å². The average Bonchev–Trinajstić information content (AvgIpc) is 2.36. The average molecular weight is 305 g/mol. The van der Waals surface area contributed by atoms with Crippen LogP contribution in [-0.4, -0.2) is 18.9 Å². The van der Waals surface area contributed by atoms with Crippen LogP contribution in [0.3, 0.4) is 0 Å². The normalized spacial score (nSPS) is 14.4. The first-order valence-electron chi connectivity index (χ1n) is 5.56. The number of aromatic nitrogens is 1. The predicted molar refractivity (Wildman–Crippen MR) is 66.2 cm³/mol. The summed E-state index contributed by atoms with van der Waals surface area (Å²) in [7, 11) is -5.64. The molecule has 0 bridgehead atoms. The van der Waals surface area contributed by atoms with Gasteiger partial charge in [0.25, 0.3) is 0 Å². The Balaban J connectivity index is 2.30. The molecule has 0 aliphatic rings. The quantitative estimate of drug-likeness (QED) is 0.645. The van der Waals surface area contributed by atoms with Crippen molar-refractivity contribution in [3.05, 3.63) is 42.1 Å². The molecule has 0 spiro atoms. The van der Waals surface area contributed by atoms with Gasteiger partial charge in [0, 0.05) is 5.39 Å². The first-order chi connectivity index (χ1) is 9.21. The molecule has 0 unspecified atom stereocenters. The Hall–Kier alpha value is -1.67. The summed E-state index contributed by atoms with van der Waals surface area (Å²) in [5.74, 6) is 0. The molecule has 108 valence electrons. The fourth-order valence-corrected chi connectivity index (χ4v) is 2.19. The van der Waals surface area contributed by atoms with Crippen LogP contribution in [0.15, 0.2) is 36.4 Å². The van der Waals surface area contributed by atoms with E-state index in [9.17, 15) is 21.6 Å². The highest BCUT2D eigenvalue weighted by Gasteiger charge is 2.48. The fraction of sp³-hybridized carbons (Fsp3) is 0.250. The van der Waals surface area contributed by atoms with Gasteiger partial charge < -0.3 is 0 Å². The Morgan fingerprint density at radius 1 is 1.15 bits per heavy atom. The van der Waals surface area contributed by atoms with Crippen molar-refractivity contribution in [1.82, 2.24) is 4.98 Å². The number of nitrogens with zero attached hydrogens (tertiary/aromatic N) is 1. The van der Waals surface area contributed by atoms with E-state index in [0.29, 0.717) is 5.52 Å². The van der Waals surface area contributed by atoms with Crippen LogP contribution in [0.4, 0.5) is 13.2 Å². The van der Waals surface area contributed by atoms with Gasteiger partial charge in [-0.15, -0.1) is 0 Å². The molecule has 1 atom stereocenters. The zero-order valence-electron chi connectivity index (χ0n) is 10.3. The molecule has 1 aromatic carbocycles. The molecule has 0 amide bonds. The van der Waals surface area contributed by atoms with E-state index in [1.54, 1.807) is 30.3 Å². The molecule has 8 heteroatoms. The first kappa shape index (κ1) is 14.7. The number of rotatable bonds is 3. The third-order valence-corrected chi connectivity index (χ3v) is 3.70. The zero-order valence-corrected chi connectivity index (χ0v) is 11.1. The van der Waals surface area contributed by atoms with Crippen molar-refractivity contribution in [1.29, 1.82) is 0 Å². The third kappa shape index (κ3) is 2.91. The van der Waals surface area contributed by atoms with Gasteiger partial charge in [0.15, 0.2) is 0 Å². The molecular weight excluding hydrogens is 295 g/mol. The maximum absolute atomic E-state index is 12.2. The molecule has 0 aliphatic heterocycles. The minimum Gasteiger partial charge on any atom is -0.254 e. The predicted octanol–water partition coefficient (Wildman–Crippen LogP) is 3.16. The molecule has 4 nitrogen and oxygen atoms in total. The lowest BCUT2D eigenvalue weighted by atomic mass is 10.2. The van der Waals surface area contributed by atoms with E-state index in [1.807, 2.05) is 0 Å². The largest absolute Gasteiger partial charge is 0.523 e. The Morgan fingerprint density at radius 3 is 2.45 bits per heavy atom. The fourth-order valence-electron chi connectivity index (χ4n) is 1.60. The number of fused-ring (bicyclic) bond motifs is 1. The van der Waals surface area contributed by atoms with E-state index < -0.39 is 21.7 Å². The van der Waals surface area contributed by atoms with Gasteiger partial charge >= 0.3 is 15.6 Å². The van der Waals surface area contributed by atoms with Crippen molar-refractivity contribution in [2.45, 2.75) is 18.5 Å². The molecule has 1 heterocycles. The summed E-state index contributed by atoms with van der Waals surface area (Å²) in [6.45, 7) is 1.19. The van der Waals surface area contributed by atoms with E-state index >= 15 is 0 Å². The molecule has 1 aromatic heterocycles. The first-order valence-corrected chi connectivity index (χ1v) is 6.97. The van der Waals surface area contributed by atoms with Crippen LogP contribution < -0.4 is 0 Å². The van der Waals surface area contributed by atoms with E-state index in [2.05, 4.69) is 9.17 Å². The Labute approximate surface area is 113 Å². The third-order valence-electron chi connectivity index (χ3n) is 2.59. The van der Waals surface area contributed by atoms with Gasteiger partial charge in [-0.05, 0) is 19.1 Å². The van der Waals surface area contributed by atoms with Crippen LogP contribution in [0.25, 0.3) is 10.9 Å². The van der Waals surface area contributed by atoms with Gasteiger partial charge in [0.05, 0.1) is 11.2 Å². The number of para-hydroxylation sites is 1. The number of halogens is 3. The van der Waals surface area contributed by atoms with Crippen LogP contribution in [-0.2, 0) is 14.3 Å². The molecule has 20 heavy (non-hydrogen) atoms. The molecule has 0 saturated heterocycles. The summed E-state index contributed by atoms with van der Waals surface area (Å²) in [5.41, 5.74) is -4.79. The summed E-state index contributed by atoms with van der Waals surface area (Å²) in [6, 6.07) is 10.0. The van der Waals surface area contributed by atoms with Crippen LogP contribution >= 0.6 is 0 Å². The van der Waals surface area contributed by atoms with Crippen molar-refractivity contribution in [2.24, 2.45) is 0 Å². The number of hydrogen-bond donors (Lipinski definition) is 0. The zero-order chi connectivity index (χ0) is 15.0. The molecule has 0 radical (unpaired) electrons. The summed E-state index contributed by atoms with van der Waals surface area (Å²) in [6.07, 6.45) is -1.33. The summed E-state index contributed by atoms with van der Waals surface area (Å²) in [4.78, 5) is 4.08. The second kappa shape index (κ2) is 5.02. The van der Waals surface area contributed by atoms with Crippen molar-refractivity contribution in [2.75, 3.05) is 0 Å². The molecule has 2 rings (SSSR count). The topological polar surface area (TPSA) is 56.3 Å². The van der Waals surface area contributed by atoms with E-state index in [4.69, 9.17) is 0 Å². The lowest BCUT2D eigenvalue weighted by Crippen LogP contribution is -2.26. The maximum Gasteiger partial charge on any atom is 0.523 e. The minimum atomic E-state index is -5.64. The highest BCUT2D eigenvalue weighted by atomic mass is 32.2. The van der Waals surface area contributed by atoms with Crippen LogP contribution in [0.2, 0.25) is 0 Å². The highest BCUT2D eigenvalue weighted by Crippen LogP contribution is 2.29. The van der Waals surface area contributed by atoms with E-state index in [1.165, 1.54) is 13.0 Å². The van der Waals surface area contributed by atoms with Gasteiger partial charge in [0.2, 0.25) is 0 Å². The Kier molecular flexibility index (Phi) is 3.70. The van der Waals surface area contributed by atoms with Gasteiger partial charge in [0.1, 0.15) is 6.10 Å². The summed E-state index contributed by atoms with van der Waals surface area (Å²) >= 11 is 0. The number of alkyl halides is 3. The van der Waals surface area contributed by atoms with Crippen molar-refractivity contribution < 1.29 is 25.8 Å². The molecule has 0 aliphatic carbocycles.